The Morgan fingerprint density at radius 2 is 2.00 bits per heavy atom. The first-order valence-electron chi connectivity index (χ1n) is 7.54. The molecule has 2 heterocycles. The van der Waals surface area contributed by atoms with Crippen LogP contribution in [0.3, 0.4) is 0 Å². The predicted octanol–water partition coefficient (Wildman–Crippen LogP) is 3.75. The first-order valence-corrected chi connectivity index (χ1v) is 8.90. The molecule has 8 heteroatoms. The topological polar surface area (TPSA) is 80.9 Å². The molecule has 0 aliphatic rings. The fourth-order valence-corrected chi connectivity index (χ4v) is 3.07. The van der Waals surface area contributed by atoms with E-state index in [0.29, 0.717) is 16.1 Å². The first-order chi connectivity index (χ1) is 12.1. The molecule has 0 aliphatic carbocycles. The van der Waals surface area contributed by atoms with Crippen LogP contribution in [0.1, 0.15) is 18.5 Å². The Morgan fingerprint density at radius 3 is 2.76 bits per heavy atom. The van der Waals surface area contributed by atoms with Crippen LogP contribution in [-0.2, 0) is 4.79 Å². The van der Waals surface area contributed by atoms with Gasteiger partial charge in [-0.15, -0.1) is 10.2 Å². The van der Waals surface area contributed by atoms with Crippen LogP contribution in [0, 0.1) is 0 Å². The summed E-state index contributed by atoms with van der Waals surface area (Å²) < 4.78 is 5.54. The molecule has 1 amide bonds. The van der Waals surface area contributed by atoms with E-state index >= 15 is 0 Å². The molecule has 128 valence electrons. The highest BCUT2D eigenvalue weighted by Gasteiger charge is 2.14. The normalized spacial score (nSPS) is 11.9. The lowest BCUT2D eigenvalue weighted by Crippen LogP contribution is -2.28. The lowest BCUT2D eigenvalue weighted by atomic mass is 10.1. The Bertz CT molecular complexity index is 857. The maximum atomic E-state index is 12.1. The number of carbonyl (C=O) groups excluding carboxylic acids is 1. The van der Waals surface area contributed by atoms with Crippen molar-refractivity contribution < 1.29 is 9.21 Å². The predicted molar refractivity (Wildman–Crippen MR) is 96.3 cm³/mol. The number of thioether (sulfide) groups is 1. The largest absolute Gasteiger partial charge is 0.411 e. The fraction of sp³-hybridized carbons (Fsp3) is 0.176. The second-order valence-electron chi connectivity index (χ2n) is 5.21. The van der Waals surface area contributed by atoms with E-state index in [1.165, 1.54) is 11.8 Å². The van der Waals surface area contributed by atoms with Crippen molar-refractivity contribution in [2.75, 3.05) is 5.75 Å². The third kappa shape index (κ3) is 4.58. The van der Waals surface area contributed by atoms with Crippen molar-refractivity contribution in [1.29, 1.82) is 0 Å². The van der Waals surface area contributed by atoms with E-state index in [4.69, 9.17) is 16.0 Å². The number of benzene rings is 1. The van der Waals surface area contributed by atoms with Gasteiger partial charge >= 0.3 is 0 Å². The number of nitrogens with zero attached hydrogens (tertiary/aromatic N) is 3. The van der Waals surface area contributed by atoms with Crippen LogP contribution in [0.5, 0.6) is 0 Å². The van der Waals surface area contributed by atoms with Crippen LogP contribution in [0.15, 0.2) is 58.4 Å². The van der Waals surface area contributed by atoms with E-state index in [-0.39, 0.29) is 17.7 Å². The number of halogens is 1. The number of hydrogen-bond acceptors (Lipinski definition) is 6. The molecule has 1 unspecified atom stereocenters. The molecule has 0 saturated carbocycles. The zero-order chi connectivity index (χ0) is 17.6. The summed E-state index contributed by atoms with van der Waals surface area (Å²) in [6.07, 6.45) is 3.30. The lowest BCUT2D eigenvalue weighted by Gasteiger charge is -2.15. The summed E-state index contributed by atoms with van der Waals surface area (Å²) in [7, 11) is 0. The van der Waals surface area contributed by atoms with Gasteiger partial charge in [0.15, 0.2) is 0 Å². The Morgan fingerprint density at radius 1 is 1.24 bits per heavy atom. The van der Waals surface area contributed by atoms with Gasteiger partial charge in [0, 0.05) is 23.0 Å². The van der Waals surface area contributed by atoms with Crippen molar-refractivity contribution in [2.45, 2.75) is 18.2 Å². The minimum Gasteiger partial charge on any atom is -0.411 e. The van der Waals surface area contributed by atoms with Crippen molar-refractivity contribution in [1.82, 2.24) is 20.5 Å². The van der Waals surface area contributed by atoms with E-state index in [1.807, 2.05) is 25.1 Å². The molecular formula is C17H15ClN4O2S. The fourth-order valence-electron chi connectivity index (χ4n) is 2.19. The monoisotopic (exact) mass is 374 g/mol. The summed E-state index contributed by atoms with van der Waals surface area (Å²) in [5.74, 6) is 0.433. The quantitative estimate of drug-likeness (QED) is 0.662. The molecule has 0 aliphatic heterocycles. The van der Waals surface area contributed by atoms with Crippen LogP contribution in [0.4, 0.5) is 0 Å². The molecular weight excluding hydrogens is 360 g/mol. The van der Waals surface area contributed by atoms with Crippen molar-refractivity contribution >= 4 is 29.3 Å². The molecule has 1 atom stereocenters. The molecule has 3 aromatic rings. The van der Waals surface area contributed by atoms with Crippen LogP contribution in [0.25, 0.3) is 11.5 Å². The summed E-state index contributed by atoms with van der Waals surface area (Å²) >= 11 is 7.33. The lowest BCUT2D eigenvalue weighted by molar-refractivity contribution is -0.119. The summed E-state index contributed by atoms with van der Waals surface area (Å²) in [6.45, 7) is 1.89. The van der Waals surface area contributed by atoms with Gasteiger partial charge in [0.1, 0.15) is 0 Å². The molecule has 2 aromatic heterocycles. The number of hydrogen-bond donors (Lipinski definition) is 1. The Labute approximate surface area is 154 Å². The van der Waals surface area contributed by atoms with E-state index in [9.17, 15) is 4.79 Å². The highest BCUT2D eigenvalue weighted by atomic mass is 35.5. The van der Waals surface area contributed by atoms with Gasteiger partial charge in [-0.05, 0) is 30.7 Å². The smallest absolute Gasteiger partial charge is 0.277 e. The second kappa shape index (κ2) is 8.13. The van der Waals surface area contributed by atoms with Gasteiger partial charge in [0.2, 0.25) is 11.8 Å². The van der Waals surface area contributed by atoms with Crippen LogP contribution < -0.4 is 5.32 Å². The molecule has 1 aromatic carbocycles. The standard InChI is InChI=1S/C17H15ClN4O2S/c1-11(13-4-2-3-5-14(13)18)20-15(23)10-25-17-22-21-16(24-17)12-6-8-19-9-7-12/h2-9,11H,10H2,1H3,(H,20,23). The number of pyridine rings is 1. The number of rotatable bonds is 6. The van der Waals surface area contributed by atoms with Gasteiger partial charge in [-0.2, -0.15) is 0 Å². The van der Waals surface area contributed by atoms with Crippen molar-refractivity contribution in [2.24, 2.45) is 0 Å². The summed E-state index contributed by atoms with van der Waals surface area (Å²) in [5.41, 5.74) is 1.66. The van der Waals surface area contributed by atoms with Gasteiger partial charge < -0.3 is 9.73 Å². The number of aromatic nitrogens is 3. The highest BCUT2D eigenvalue weighted by molar-refractivity contribution is 7.99. The Balaban J connectivity index is 1.54. The average Bonchev–Trinajstić information content (AvgIpc) is 3.10. The molecule has 0 saturated heterocycles. The molecule has 0 spiro atoms. The zero-order valence-electron chi connectivity index (χ0n) is 13.3. The summed E-state index contributed by atoms with van der Waals surface area (Å²) in [4.78, 5) is 16.1. The summed E-state index contributed by atoms with van der Waals surface area (Å²) in [5, 5.41) is 11.8. The van der Waals surface area contributed by atoms with Gasteiger partial charge in [0.05, 0.1) is 11.8 Å². The Kier molecular flexibility index (Phi) is 5.67. The van der Waals surface area contributed by atoms with Gasteiger partial charge in [-0.3, -0.25) is 9.78 Å². The maximum Gasteiger partial charge on any atom is 0.277 e. The Hall–Kier alpha value is -2.38. The van der Waals surface area contributed by atoms with Crippen LogP contribution in [-0.4, -0.2) is 26.8 Å². The van der Waals surface area contributed by atoms with Gasteiger partial charge in [-0.1, -0.05) is 41.6 Å². The van der Waals surface area contributed by atoms with E-state index in [1.54, 1.807) is 30.6 Å². The molecule has 0 bridgehead atoms. The first kappa shape index (κ1) is 17.4. The number of nitrogens with one attached hydrogen (secondary N) is 1. The van der Waals surface area contributed by atoms with Gasteiger partial charge in [0.25, 0.3) is 5.22 Å². The van der Waals surface area contributed by atoms with Crippen molar-refractivity contribution in [3.05, 3.63) is 59.4 Å². The average molecular weight is 375 g/mol. The summed E-state index contributed by atoms with van der Waals surface area (Å²) in [6, 6.07) is 10.8. The molecule has 3 rings (SSSR count). The van der Waals surface area contributed by atoms with E-state index < -0.39 is 0 Å². The highest BCUT2D eigenvalue weighted by Crippen LogP contribution is 2.24. The van der Waals surface area contributed by atoms with E-state index in [0.717, 1.165) is 11.1 Å². The zero-order valence-corrected chi connectivity index (χ0v) is 14.9. The molecule has 1 N–H and O–H groups in total. The van der Waals surface area contributed by atoms with Crippen molar-refractivity contribution in [3.8, 4) is 11.5 Å². The SMILES string of the molecule is CC(NC(=O)CSc1nnc(-c2ccncc2)o1)c1ccccc1Cl. The molecule has 0 fully saturated rings. The van der Waals surface area contributed by atoms with E-state index in [2.05, 4.69) is 20.5 Å². The van der Waals surface area contributed by atoms with Crippen molar-refractivity contribution in [3.63, 3.8) is 0 Å². The third-order valence-electron chi connectivity index (χ3n) is 3.41. The molecule has 25 heavy (non-hydrogen) atoms. The molecule has 0 radical (unpaired) electrons. The minimum absolute atomic E-state index is 0.138. The molecule has 6 nitrogen and oxygen atoms in total. The van der Waals surface area contributed by atoms with Crippen LogP contribution in [0.2, 0.25) is 5.02 Å². The minimum atomic E-state index is -0.183. The second-order valence-corrected chi connectivity index (χ2v) is 6.54. The number of carbonyl (C=O) groups is 1. The third-order valence-corrected chi connectivity index (χ3v) is 4.57. The number of amides is 1. The van der Waals surface area contributed by atoms with Gasteiger partial charge in [-0.25, -0.2) is 0 Å². The van der Waals surface area contributed by atoms with Crippen LogP contribution >= 0.6 is 23.4 Å². The maximum absolute atomic E-state index is 12.1.